The van der Waals surface area contributed by atoms with Crippen molar-refractivity contribution in [1.82, 2.24) is 20.2 Å². The van der Waals surface area contributed by atoms with E-state index >= 15 is 0 Å². The molecule has 7 nitrogen and oxygen atoms in total. The SMILES string of the molecule is Cc1nn(Cc2ccccc2)c(C)c1/C=N\NC(=O)CNc1nc2ccccc2s1. The van der Waals surface area contributed by atoms with E-state index in [1.54, 1.807) is 6.21 Å². The fourth-order valence-electron chi connectivity index (χ4n) is 3.12. The Morgan fingerprint density at radius 1 is 1.13 bits per heavy atom. The number of thiazole rings is 1. The quantitative estimate of drug-likeness (QED) is 0.354. The van der Waals surface area contributed by atoms with Crippen LogP contribution in [0.4, 0.5) is 5.13 Å². The molecule has 0 spiro atoms. The molecule has 2 aromatic heterocycles. The zero-order valence-electron chi connectivity index (χ0n) is 16.8. The Labute approximate surface area is 178 Å². The molecule has 0 unspecified atom stereocenters. The van der Waals surface area contributed by atoms with Crippen molar-refractivity contribution >= 4 is 38.8 Å². The predicted octanol–water partition coefficient (Wildman–Crippen LogP) is 3.72. The Balaban J connectivity index is 1.34. The largest absolute Gasteiger partial charge is 0.352 e. The normalized spacial score (nSPS) is 11.3. The lowest BCUT2D eigenvalue weighted by atomic mass is 10.2. The first kappa shape index (κ1) is 19.8. The van der Waals surface area contributed by atoms with E-state index in [9.17, 15) is 4.79 Å². The van der Waals surface area contributed by atoms with E-state index in [0.29, 0.717) is 11.7 Å². The zero-order valence-corrected chi connectivity index (χ0v) is 17.6. The Morgan fingerprint density at radius 3 is 2.70 bits per heavy atom. The third-order valence-electron chi connectivity index (χ3n) is 4.69. The molecule has 0 aliphatic carbocycles. The summed E-state index contributed by atoms with van der Waals surface area (Å²) in [5, 5.41) is 12.5. The van der Waals surface area contributed by atoms with Crippen LogP contribution in [0.25, 0.3) is 10.2 Å². The minimum atomic E-state index is -0.238. The molecule has 0 radical (unpaired) electrons. The highest BCUT2D eigenvalue weighted by molar-refractivity contribution is 7.22. The summed E-state index contributed by atoms with van der Waals surface area (Å²) in [6, 6.07) is 18.0. The summed E-state index contributed by atoms with van der Waals surface area (Å²) in [5.41, 5.74) is 7.44. The molecule has 0 bridgehead atoms. The van der Waals surface area contributed by atoms with E-state index in [1.807, 2.05) is 61.0 Å². The second kappa shape index (κ2) is 8.87. The van der Waals surface area contributed by atoms with Gasteiger partial charge in [0, 0.05) is 11.3 Å². The molecule has 1 amide bonds. The lowest BCUT2D eigenvalue weighted by Gasteiger charge is -2.04. The van der Waals surface area contributed by atoms with Gasteiger partial charge in [-0.25, -0.2) is 10.4 Å². The number of aromatic nitrogens is 3. The van der Waals surface area contributed by atoms with E-state index in [1.165, 1.54) is 16.9 Å². The van der Waals surface area contributed by atoms with Crippen LogP contribution in [0.15, 0.2) is 59.7 Å². The number of hydrazone groups is 1. The minimum Gasteiger partial charge on any atom is -0.352 e. The second-order valence-corrected chi connectivity index (χ2v) is 7.89. The zero-order chi connectivity index (χ0) is 20.9. The number of hydrogen-bond donors (Lipinski definition) is 2. The molecule has 30 heavy (non-hydrogen) atoms. The summed E-state index contributed by atoms with van der Waals surface area (Å²) in [4.78, 5) is 16.6. The molecule has 152 valence electrons. The molecule has 0 fully saturated rings. The van der Waals surface area contributed by atoms with Crippen LogP contribution < -0.4 is 10.7 Å². The van der Waals surface area contributed by atoms with Gasteiger partial charge in [-0.1, -0.05) is 53.8 Å². The number of benzene rings is 2. The lowest BCUT2D eigenvalue weighted by molar-refractivity contribution is -0.119. The number of anilines is 1. The molecule has 0 atom stereocenters. The highest BCUT2D eigenvalue weighted by atomic mass is 32.1. The molecular formula is C22H22N6OS. The first-order valence-corrected chi connectivity index (χ1v) is 10.4. The molecule has 4 aromatic rings. The van der Waals surface area contributed by atoms with Crippen molar-refractivity contribution in [3.63, 3.8) is 0 Å². The van der Waals surface area contributed by atoms with E-state index in [4.69, 9.17) is 0 Å². The maximum Gasteiger partial charge on any atom is 0.259 e. The van der Waals surface area contributed by atoms with Crippen LogP contribution in [-0.2, 0) is 11.3 Å². The van der Waals surface area contributed by atoms with E-state index in [0.717, 1.165) is 27.2 Å². The van der Waals surface area contributed by atoms with Crippen molar-refractivity contribution in [1.29, 1.82) is 0 Å². The first-order valence-electron chi connectivity index (χ1n) is 9.59. The van der Waals surface area contributed by atoms with Crippen molar-refractivity contribution in [2.45, 2.75) is 20.4 Å². The van der Waals surface area contributed by atoms with Crippen LogP contribution in [0.1, 0.15) is 22.5 Å². The number of fused-ring (bicyclic) bond motifs is 1. The van der Waals surface area contributed by atoms with Gasteiger partial charge in [0.05, 0.1) is 35.2 Å². The van der Waals surface area contributed by atoms with Crippen molar-refractivity contribution < 1.29 is 4.79 Å². The van der Waals surface area contributed by atoms with Gasteiger partial charge >= 0.3 is 0 Å². The van der Waals surface area contributed by atoms with Crippen LogP contribution in [0.3, 0.4) is 0 Å². The number of nitrogens with zero attached hydrogens (tertiary/aromatic N) is 4. The third-order valence-corrected chi connectivity index (χ3v) is 5.68. The van der Waals surface area contributed by atoms with Gasteiger partial charge in [-0.05, 0) is 31.5 Å². The van der Waals surface area contributed by atoms with Crippen LogP contribution in [-0.4, -0.2) is 33.4 Å². The summed E-state index contributed by atoms with van der Waals surface area (Å²) in [6.45, 7) is 4.73. The lowest BCUT2D eigenvalue weighted by Crippen LogP contribution is -2.25. The van der Waals surface area contributed by atoms with Gasteiger partial charge in [-0.2, -0.15) is 10.2 Å². The topological polar surface area (TPSA) is 84.2 Å². The van der Waals surface area contributed by atoms with Crippen LogP contribution in [0.2, 0.25) is 0 Å². The third kappa shape index (κ3) is 4.55. The number of aryl methyl sites for hydroxylation is 1. The fourth-order valence-corrected chi connectivity index (χ4v) is 3.98. The number of hydrogen-bond acceptors (Lipinski definition) is 6. The molecule has 2 aromatic carbocycles. The molecular weight excluding hydrogens is 396 g/mol. The number of nitrogens with one attached hydrogen (secondary N) is 2. The maximum absolute atomic E-state index is 12.1. The summed E-state index contributed by atoms with van der Waals surface area (Å²) in [6.07, 6.45) is 1.65. The molecule has 0 aliphatic rings. The minimum absolute atomic E-state index is 0.0996. The van der Waals surface area contributed by atoms with Gasteiger partial charge in [-0.15, -0.1) is 0 Å². The predicted molar refractivity (Wildman–Crippen MR) is 121 cm³/mol. The van der Waals surface area contributed by atoms with E-state index in [-0.39, 0.29) is 12.5 Å². The summed E-state index contributed by atoms with van der Waals surface area (Å²) < 4.78 is 3.03. The summed E-state index contributed by atoms with van der Waals surface area (Å²) >= 11 is 1.52. The Morgan fingerprint density at radius 2 is 1.90 bits per heavy atom. The Hall–Kier alpha value is -3.52. The number of amides is 1. The second-order valence-electron chi connectivity index (χ2n) is 6.86. The average Bonchev–Trinajstić information content (AvgIpc) is 3.28. The summed E-state index contributed by atoms with van der Waals surface area (Å²) in [7, 11) is 0. The Bertz CT molecular complexity index is 1160. The number of carbonyl (C=O) groups excluding carboxylic acids is 1. The monoisotopic (exact) mass is 418 g/mol. The number of rotatable bonds is 7. The maximum atomic E-state index is 12.1. The van der Waals surface area contributed by atoms with Crippen LogP contribution >= 0.6 is 11.3 Å². The van der Waals surface area contributed by atoms with Crippen LogP contribution in [0.5, 0.6) is 0 Å². The summed E-state index contributed by atoms with van der Waals surface area (Å²) in [5.74, 6) is -0.238. The van der Waals surface area contributed by atoms with Crippen molar-refractivity contribution in [2.24, 2.45) is 5.10 Å². The highest BCUT2D eigenvalue weighted by Crippen LogP contribution is 2.24. The van der Waals surface area contributed by atoms with E-state index in [2.05, 4.69) is 38.1 Å². The van der Waals surface area contributed by atoms with Gasteiger partial charge < -0.3 is 5.32 Å². The molecule has 2 heterocycles. The fraction of sp³-hybridized carbons (Fsp3) is 0.182. The van der Waals surface area contributed by atoms with Gasteiger partial charge in [0.25, 0.3) is 5.91 Å². The van der Waals surface area contributed by atoms with Crippen LogP contribution in [0, 0.1) is 13.8 Å². The highest BCUT2D eigenvalue weighted by Gasteiger charge is 2.10. The number of para-hydroxylation sites is 1. The van der Waals surface area contributed by atoms with Gasteiger partial charge in [0.1, 0.15) is 0 Å². The average molecular weight is 419 g/mol. The molecule has 2 N–H and O–H groups in total. The standard InChI is InChI=1S/C22H22N6OS/c1-15-18(16(2)28(27-15)14-17-8-4-3-5-9-17)12-24-26-21(29)13-23-22-25-19-10-6-7-11-20(19)30-22/h3-12H,13-14H2,1-2H3,(H,23,25)(H,26,29)/b24-12-. The molecule has 4 rings (SSSR count). The van der Waals surface area contributed by atoms with E-state index < -0.39 is 0 Å². The smallest absolute Gasteiger partial charge is 0.259 e. The Kier molecular flexibility index (Phi) is 5.85. The first-order chi connectivity index (χ1) is 14.6. The van der Waals surface area contributed by atoms with Crippen molar-refractivity contribution in [3.8, 4) is 0 Å². The molecule has 0 saturated heterocycles. The molecule has 0 saturated carbocycles. The van der Waals surface area contributed by atoms with Gasteiger partial charge in [0.15, 0.2) is 5.13 Å². The van der Waals surface area contributed by atoms with Gasteiger partial charge in [-0.3, -0.25) is 9.48 Å². The number of carbonyl (C=O) groups is 1. The van der Waals surface area contributed by atoms with Gasteiger partial charge in [0.2, 0.25) is 0 Å². The molecule has 0 aliphatic heterocycles. The van der Waals surface area contributed by atoms with Crippen molar-refractivity contribution in [2.75, 3.05) is 11.9 Å². The molecule has 8 heteroatoms. The van der Waals surface area contributed by atoms with Crippen molar-refractivity contribution in [3.05, 3.63) is 77.1 Å².